The van der Waals surface area contributed by atoms with Crippen LogP contribution in [0.3, 0.4) is 0 Å². The van der Waals surface area contributed by atoms with Crippen LogP contribution in [-0.4, -0.2) is 25.6 Å². The molecule has 0 fully saturated rings. The van der Waals surface area contributed by atoms with Gasteiger partial charge in [0.1, 0.15) is 5.82 Å². The molecule has 17 heavy (non-hydrogen) atoms. The van der Waals surface area contributed by atoms with Crippen LogP contribution >= 0.6 is 11.8 Å². The Kier molecular flexibility index (Phi) is 3.43. The summed E-state index contributed by atoms with van der Waals surface area (Å²) in [5.74, 6) is 0.709. The standard InChI is InChI=1S/C11H11N3O2S/c1-14-5-4-12-9(14)7-17-10-3-2-8(6-13-10)11(15)16/h2-6H,7H2,1H3,(H,15,16). The summed E-state index contributed by atoms with van der Waals surface area (Å²) in [4.78, 5) is 18.9. The SMILES string of the molecule is Cn1ccnc1CSc1ccc(C(=O)O)cn1. The molecule has 0 radical (unpaired) electrons. The monoisotopic (exact) mass is 249 g/mol. The fraction of sp³-hybridized carbons (Fsp3) is 0.182. The molecule has 1 N–H and O–H groups in total. The van der Waals surface area contributed by atoms with E-state index in [0.717, 1.165) is 10.9 Å². The van der Waals surface area contributed by atoms with Gasteiger partial charge in [0.2, 0.25) is 0 Å². The van der Waals surface area contributed by atoms with E-state index in [1.54, 1.807) is 18.3 Å². The third-order valence-electron chi connectivity index (χ3n) is 2.25. The molecule has 0 atom stereocenters. The third kappa shape index (κ3) is 2.85. The number of aromatic nitrogens is 3. The molecule has 0 spiro atoms. The maximum atomic E-state index is 10.6. The van der Waals surface area contributed by atoms with E-state index in [0.29, 0.717) is 5.75 Å². The molecule has 6 heteroatoms. The molecule has 2 rings (SSSR count). The highest BCUT2D eigenvalue weighted by Gasteiger charge is 2.05. The summed E-state index contributed by atoms with van der Waals surface area (Å²) < 4.78 is 1.94. The van der Waals surface area contributed by atoms with E-state index in [1.165, 1.54) is 18.0 Å². The van der Waals surface area contributed by atoms with Crippen molar-refractivity contribution in [1.29, 1.82) is 0 Å². The second-order valence-electron chi connectivity index (χ2n) is 3.43. The molecule has 0 unspecified atom stereocenters. The Bertz CT molecular complexity index is 522. The lowest BCUT2D eigenvalue weighted by Crippen LogP contribution is -1.97. The molecule has 0 aromatic carbocycles. The lowest BCUT2D eigenvalue weighted by Gasteiger charge is -2.01. The Morgan fingerprint density at radius 3 is 2.82 bits per heavy atom. The molecule has 0 bridgehead atoms. The van der Waals surface area contributed by atoms with Crippen LogP contribution in [0.4, 0.5) is 0 Å². The molecule has 0 aliphatic carbocycles. The van der Waals surface area contributed by atoms with Crippen LogP contribution in [-0.2, 0) is 12.8 Å². The third-order valence-corrected chi connectivity index (χ3v) is 3.19. The maximum absolute atomic E-state index is 10.6. The summed E-state index contributed by atoms with van der Waals surface area (Å²) >= 11 is 1.53. The van der Waals surface area contributed by atoms with Gasteiger partial charge in [-0.05, 0) is 12.1 Å². The van der Waals surface area contributed by atoms with Crippen molar-refractivity contribution < 1.29 is 9.90 Å². The molecule has 2 heterocycles. The number of imidazole rings is 1. The number of hydrogen-bond donors (Lipinski definition) is 1. The van der Waals surface area contributed by atoms with Crippen molar-refractivity contribution in [2.75, 3.05) is 0 Å². The van der Waals surface area contributed by atoms with Gasteiger partial charge in [-0.2, -0.15) is 0 Å². The molecule has 5 nitrogen and oxygen atoms in total. The van der Waals surface area contributed by atoms with Crippen LogP contribution in [0.1, 0.15) is 16.2 Å². The summed E-state index contributed by atoms with van der Waals surface area (Å²) in [5, 5.41) is 9.52. The Labute approximate surface area is 103 Å². The van der Waals surface area contributed by atoms with Gasteiger partial charge in [-0.15, -0.1) is 0 Å². The number of nitrogens with zero attached hydrogens (tertiary/aromatic N) is 3. The van der Waals surface area contributed by atoms with Crippen LogP contribution in [0.5, 0.6) is 0 Å². The van der Waals surface area contributed by atoms with Crippen molar-refractivity contribution in [3.05, 3.63) is 42.1 Å². The van der Waals surface area contributed by atoms with Crippen LogP contribution in [0.25, 0.3) is 0 Å². The average molecular weight is 249 g/mol. The molecular weight excluding hydrogens is 238 g/mol. The molecule has 0 saturated heterocycles. The highest BCUT2D eigenvalue weighted by Crippen LogP contribution is 2.19. The van der Waals surface area contributed by atoms with Crippen LogP contribution in [0.2, 0.25) is 0 Å². The maximum Gasteiger partial charge on any atom is 0.337 e. The molecular formula is C11H11N3O2S. The van der Waals surface area contributed by atoms with Crippen molar-refractivity contribution in [3.8, 4) is 0 Å². The van der Waals surface area contributed by atoms with Gasteiger partial charge in [-0.3, -0.25) is 0 Å². The molecule has 0 amide bonds. The Morgan fingerprint density at radius 1 is 1.47 bits per heavy atom. The van der Waals surface area contributed by atoms with Gasteiger partial charge in [0.15, 0.2) is 0 Å². The first-order valence-corrected chi connectivity index (χ1v) is 5.94. The smallest absolute Gasteiger partial charge is 0.337 e. The molecule has 0 aliphatic rings. The predicted octanol–water partition coefficient (Wildman–Crippen LogP) is 1.81. The van der Waals surface area contributed by atoms with Gasteiger partial charge >= 0.3 is 5.97 Å². The number of pyridine rings is 1. The Morgan fingerprint density at radius 2 is 2.29 bits per heavy atom. The van der Waals surface area contributed by atoms with Crippen molar-refractivity contribution in [1.82, 2.24) is 14.5 Å². The van der Waals surface area contributed by atoms with Crippen molar-refractivity contribution in [3.63, 3.8) is 0 Å². The lowest BCUT2D eigenvalue weighted by molar-refractivity contribution is 0.0696. The highest BCUT2D eigenvalue weighted by molar-refractivity contribution is 7.98. The number of aryl methyl sites for hydroxylation is 1. The number of carbonyl (C=O) groups is 1. The second kappa shape index (κ2) is 5.01. The minimum Gasteiger partial charge on any atom is -0.478 e. The van der Waals surface area contributed by atoms with E-state index in [9.17, 15) is 4.79 Å². The fourth-order valence-electron chi connectivity index (χ4n) is 1.27. The van der Waals surface area contributed by atoms with Gasteiger partial charge in [0.05, 0.1) is 16.3 Å². The quantitative estimate of drug-likeness (QED) is 0.837. The van der Waals surface area contributed by atoms with Crippen molar-refractivity contribution >= 4 is 17.7 Å². The van der Waals surface area contributed by atoms with E-state index in [4.69, 9.17) is 5.11 Å². The molecule has 2 aromatic heterocycles. The van der Waals surface area contributed by atoms with E-state index < -0.39 is 5.97 Å². The van der Waals surface area contributed by atoms with Crippen LogP contribution in [0, 0.1) is 0 Å². The van der Waals surface area contributed by atoms with Gasteiger partial charge in [0, 0.05) is 25.6 Å². The normalized spacial score (nSPS) is 10.4. The lowest BCUT2D eigenvalue weighted by atomic mass is 10.3. The number of hydrogen-bond acceptors (Lipinski definition) is 4. The average Bonchev–Trinajstić information content (AvgIpc) is 2.73. The largest absolute Gasteiger partial charge is 0.478 e. The second-order valence-corrected chi connectivity index (χ2v) is 4.43. The number of rotatable bonds is 4. The molecule has 0 saturated carbocycles. The van der Waals surface area contributed by atoms with Gasteiger partial charge in [-0.25, -0.2) is 14.8 Å². The number of carboxylic acids is 1. The highest BCUT2D eigenvalue weighted by atomic mass is 32.2. The summed E-state index contributed by atoms with van der Waals surface area (Å²) in [5.41, 5.74) is 0.200. The zero-order valence-electron chi connectivity index (χ0n) is 9.20. The van der Waals surface area contributed by atoms with Crippen molar-refractivity contribution in [2.45, 2.75) is 10.8 Å². The number of aromatic carboxylic acids is 1. The summed E-state index contributed by atoms with van der Waals surface area (Å²) in [6, 6.07) is 3.26. The van der Waals surface area contributed by atoms with E-state index in [1.807, 2.05) is 17.8 Å². The number of thioether (sulfide) groups is 1. The summed E-state index contributed by atoms with van der Waals surface area (Å²) in [6.45, 7) is 0. The summed E-state index contributed by atoms with van der Waals surface area (Å²) in [7, 11) is 1.93. The van der Waals surface area contributed by atoms with Gasteiger partial charge in [0.25, 0.3) is 0 Å². The minimum atomic E-state index is -0.960. The van der Waals surface area contributed by atoms with Gasteiger partial charge < -0.3 is 9.67 Å². The topological polar surface area (TPSA) is 68.0 Å². The molecule has 88 valence electrons. The first kappa shape index (κ1) is 11.7. The zero-order valence-corrected chi connectivity index (χ0v) is 10.0. The first-order chi connectivity index (χ1) is 8.16. The molecule has 0 aliphatic heterocycles. The van der Waals surface area contributed by atoms with E-state index in [-0.39, 0.29) is 5.56 Å². The Hall–Kier alpha value is -1.82. The van der Waals surface area contributed by atoms with Crippen LogP contribution in [0.15, 0.2) is 35.7 Å². The first-order valence-electron chi connectivity index (χ1n) is 4.95. The van der Waals surface area contributed by atoms with Gasteiger partial charge in [-0.1, -0.05) is 11.8 Å². The van der Waals surface area contributed by atoms with Crippen molar-refractivity contribution in [2.24, 2.45) is 7.05 Å². The summed E-state index contributed by atoms with van der Waals surface area (Å²) in [6.07, 6.45) is 5.00. The number of carboxylic acid groups (broad SMARTS) is 1. The molecule has 2 aromatic rings. The zero-order chi connectivity index (χ0) is 12.3. The minimum absolute atomic E-state index is 0.200. The van der Waals surface area contributed by atoms with E-state index >= 15 is 0 Å². The fourth-order valence-corrected chi connectivity index (χ4v) is 2.11. The Balaban J connectivity index is 2.00. The van der Waals surface area contributed by atoms with Crippen LogP contribution < -0.4 is 0 Å². The van der Waals surface area contributed by atoms with E-state index in [2.05, 4.69) is 9.97 Å². The predicted molar refractivity (Wildman–Crippen MR) is 64.0 cm³/mol.